The minimum atomic E-state index is -0.511. The van der Waals surface area contributed by atoms with Crippen LogP contribution in [-0.4, -0.2) is 42.2 Å². The van der Waals surface area contributed by atoms with Crippen LogP contribution >= 0.6 is 11.6 Å². The molecule has 6 heteroatoms. The molecule has 0 amide bonds. The number of nitrogens with one attached hydrogen (secondary N) is 1. The van der Waals surface area contributed by atoms with E-state index in [1.807, 2.05) is 60.5 Å². The van der Waals surface area contributed by atoms with Gasteiger partial charge in [0.1, 0.15) is 12.1 Å². The van der Waals surface area contributed by atoms with Gasteiger partial charge in [0, 0.05) is 42.9 Å². The molecule has 1 aliphatic rings. The van der Waals surface area contributed by atoms with Crippen LogP contribution in [0.2, 0.25) is 5.02 Å². The maximum atomic E-state index is 9.88. The number of halogens is 1. The lowest BCUT2D eigenvalue weighted by molar-refractivity contribution is 0.0231. The van der Waals surface area contributed by atoms with Crippen molar-refractivity contribution in [2.45, 2.75) is 19.6 Å². The summed E-state index contributed by atoms with van der Waals surface area (Å²) in [5, 5.41) is 13.8. The van der Waals surface area contributed by atoms with Crippen LogP contribution in [0, 0.1) is 0 Å². The number of amidine groups is 1. The number of benzene rings is 2. The summed E-state index contributed by atoms with van der Waals surface area (Å²) in [6.07, 6.45) is 0.295. The van der Waals surface area contributed by atoms with Crippen LogP contribution in [0.1, 0.15) is 13.3 Å². The summed E-state index contributed by atoms with van der Waals surface area (Å²) in [5.41, 5.74) is 11.2. The largest absolute Gasteiger partial charge is 0.391 e. The quantitative estimate of drug-likeness (QED) is 0.544. The van der Waals surface area contributed by atoms with E-state index in [9.17, 15) is 5.11 Å². The molecule has 0 spiro atoms. The molecule has 142 valence electrons. The van der Waals surface area contributed by atoms with E-state index >= 15 is 0 Å². The van der Waals surface area contributed by atoms with Crippen molar-refractivity contribution in [2.24, 2.45) is 10.7 Å². The van der Waals surface area contributed by atoms with E-state index in [0.29, 0.717) is 17.4 Å². The van der Waals surface area contributed by atoms with Crippen molar-refractivity contribution in [3.05, 3.63) is 64.8 Å². The Bertz CT molecular complexity index is 859. The van der Waals surface area contributed by atoms with Gasteiger partial charge < -0.3 is 16.2 Å². The van der Waals surface area contributed by atoms with Crippen molar-refractivity contribution in [1.29, 1.82) is 0 Å². The molecule has 4 N–H and O–H groups in total. The van der Waals surface area contributed by atoms with Crippen LogP contribution in [-0.2, 0) is 0 Å². The van der Waals surface area contributed by atoms with Gasteiger partial charge in [-0.05, 0) is 42.3 Å². The van der Waals surface area contributed by atoms with E-state index in [2.05, 4.69) is 10.3 Å². The number of aliphatic hydroxyl groups excluding tert-OH is 1. The maximum Gasteiger partial charge on any atom is 0.130 e. The van der Waals surface area contributed by atoms with E-state index in [1.165, 1.54) is 0 Å². The second kappa shape index (κ2) is 8.57. The van der Waals surface area contributed by atoms with Crippen molar-refractivity contribution in [3.8, 4) is 11.1 Å². The van der Waals surface area contributed by atoms with E-state index in [0.717, 1.165) is 41.1 Å². The fraction of sp³-hybridized carbons (Fsp3) is 0.286. The van der Waals surface area contributed by atoms with Crippen molar-refractivity contribution in [2.75, 3.05) is 20.1 Å². The summed E-state index contributed by atoms with van der Waals surface area (Å²) in [5.74, 6) is 0.472. The van der Waals surface area contributed by atoms with Gasteiger partial charge in [-0.3, -0.25) is 4.90 Å². The topological polar surface area (TPSA) is 73.9 Å². The minimum Gasteiger partial charge on any atom is -0.391 e. The Morgan fingerprint density at radius 1 is 1.22 bits per heavy atom. The van der Waals surface area contributed by atoms with Crippen LogP contribution in [0.25, 0.3) is 11.1 Å². The molecular weight excluding hydrogens is 360 g/mol. The average Bonchev–Trinajstić information content (AvgIpc) is 2.68. The summed E-state index contributed by atoms with van der Waals surface area (Å²) >= 11 is 6.07. The molecule has 3 rings (SSSR count). The highest BCUT2D eigenvalue weighted by Gasteiger charge is 2.23. The molecule has 1 heterocycles. The lowest BCUT2D eigenvalue weighted by atomic mass is 10.0. The summed E-state index contributed by atoms with van der Waals surface area (Å²) in [7, 11) is 1.89. The van der Waals surface area contributed by atoms with Crippen LogP contribution in [0.4, 0.5) is 5.69 Å². The van der Waals surface area contributed by atoms with Gasteiger partial charge in [-0.1, -0.05) is 35.9 Å². The predicted molar refractivity (Wildman–Crippen MR) is 112 cm³/mol. The zero-order valence-electron chi connectivity index (χ0n) is 15.6. The molecule has 0 saturated carbocycles. The van der Waals surface area contributed by atoms with Gasteiger partial charge in [-0.15, -0.1) is 0 Å². The maximum absolute atomic E-state index is 9.88. The van der Waals surface area contributed by atoms with Crippen molar-refractivity contribution >= 4 is 23.1 Å². The lowest BCUT2D eigenvalue weighted by Gasteiger charge is -2.32. The highest BCUT2D eigenvalue weighted by Crippen LogP contribution is 2.26. The second-order valence-corrected chi connectivity index (χ2v) is 7.05. The molecule has 1 atom stereocenters. The summed E-state index contributed by atoms with van der Waals surface area (Å²) in [6, 6.07) is 15.7. The molecule has 1 aliphatic heterocycles. The molecule has 27 heavy (non-hydrogen) atoms. The molecule has 0 aromatic heterocycles. The van der Waals surface area contributed by atoms with Crippen molar-refractivity contribution in [3.63, 3.8) is 0 Å². The van der Waals surface area contributed by atoms with Gasteiger partial charge in [0.05, 0.1) is 5.69 Å². The summed E-state index contributed by atoms with van der Waals surface area (Å²) < 4.78 is 0. The van der Waals surface area contributed by atoms with Gasteiger partial charge in [-0.2, -0.15) is 0 Å². The third-order valence-corrected chi connectivity index (χ3v) is 5.02. The molecule has 5 nitrogen and oxygen atoms in total. The van der Waals surface area contributed by atoms with E-state index in [-0.39, 0.29) is 0 Å². The molecule has 0 radical (unpaired) electrons. The smallest absolute Gasteiger partial charge is 0.130 e. The monoisotopic (exact) mass is 384 g/mol. The first-order valence-corrected chi connectivity index (χ1v) is 9.38. The lowest BCUT2D eigenvalue weighted by Crippen LogP contribution is -2.42. The Morgan fingerprint density at radius 3 is 2.59 bits per heavy atom. The first kappa shape index (κ1) is 19.4. The number of aliphatic hydroxyl groups is 1. The van der Waals surface area contributed by atoms with Gasteiger partial charge in [0.2, 0.25) is 0 Å². The molecule has 2 aromatic rings. The fourth-order valence-corrected chi connectivity index (χ4v) is 3.41. The highest BCUT2D eigenvalue weighted by molar-refractivity contribution is 6.30. The molecule has 0 saturated heterocycles. The first-order valence-electron chi connectivity index (χ1n) is 9.00. The Labute approximate surface area is 165 Å². The molecule has 0 aliphatic carbocycles. The van der Waals surface area contributed by atoms with Gasteiger partial charge in [0.25, 0.3) is 0 Å². The van der Waals surface area contributed by atoms with E-state index in [4.69, 9.17) is 17.3 Å². The van der Waals surface area contributed by atoms with E-state index < -0.39 is 6.23 Å². The highest BCUT2D eigenvalue weighted by atomic mass is 35.5. The molecule has 1 unspecified atom stereocenters. The van der Waals surface area contributed by atoms with Gasteiger partial charge in [-0.25, -0.2) is 4.99 Å². The fourth-order valence-electron chi connectivity index (χ4n) is 3.22. The third-order valence-electron chi connectivity index (χ3n) is 4.79. The first-order chi connectivity index (χ1) is 13.0. The molecule has 0 bridgehead atoms. The average molecular weight is 385 g/mol. The molecule has 0 fully saturated rings. The van der Waals surface area contributed by atoms with Gasteiger partial charge >= 0.3 is 0 Å². The normalized spacial score (nSPS) is 17.1. The summed E-state index contributed by atoms with van der Waals surface area (Å²) in [6.45, 7) is 3.13. The second-order valence-electron chi connectivity index (χ2n) is 6.61. The predicted octanol–water partition coefficient (Wildman–Crippen LogP) is 3.51. The third kappa shape index (κ3) is 4.69. The standard InChI is InChI=1S/C21H25ClN4O/c1-14(27)26-11-10-20(24-2)19(13-26)21(23)25-18-8-6-15(7-9-18)16-4-3-5-17(22)12-16/h3-9,12,14,24,27H,10-11,13H2,1-2H3,(H2,23,25). The number of hydrogen-bond donors (Lipinski definition) is 3. The SMILES string of the molecule is CNC1=C(C(N)=Nc2ccc(-c3cccc(Cl)c3)cc2)CN(C(C)O)CC1. The number of rotatable bonds is 5. The van der Waals surface area contributed by atoms with Crippen molar-refractivity contribution < 1.29 is 5.11 Å². The van der Waals surface area contributed by atoms with Crippen LogP contribution in [0.15, 0.2) is 64.8 Å². The van der Waals surface area contributed by atoms with Gasteiger partial charge in [0.15, 0.2) is 0 Å². The number of hydrogen-bond acceptors (Lipinski definition) is 4. The zero-order valence-corrected chi connectivity index (χ0v) is 16.4. The van der Waals surface area contributed by atoms with Crippen LogP contribution in [0.3, 0.4) is 0 Å². The minimum absolute atomic E-state index is 0.472. The van der Waals surface area contributed by atoms with Crippen LogP contribution < -0.4 is 11.1 Å². The van der Waals surface area contributed by atoms with Crippen LogP contribution in [0.5, 0.6) is 0 Å². The van der Waals surface area contributed by atoms with E-state index in [1.54, 1.807) is 6.92 Å². The Morgan fingerprint density at radius 2 is 1.96 bits per heavy atom. The number of nitrogens with two attached hydrogens (primary N) is 1. The summed E-state index contributed by atoms with van der Waals surface area (Å²) in [4.78, 5) is 6.56. The Balaban J connectivity index is 1.83. The molecular formula is C21H25ClN4O. The Kier molecular flexibility index (Phi) is 6.16. The number of aliphatic imine (C=N–C) groups is 1. The van der Waals surface area contributed by atoms with Crippen molar-refractivity contribution in [1.82, 2.24) is 10.2 Å². The Hall–Kier alpha value is -2.34. The zero-order chi connectivity index (χ0) is 19.4. The number of nitrogens with zero attached hydrogens (tertiary/aromatic N) is 2. The molecule has 2 aromatic carbocycles.